The van der Waals surface area contributed by atoms with Crippen molar-refractivity contribution in [1.82, 2.24) is 0 Å². The quantitative estimate of drug-likeness (QED) is 0.447. The second-order valence-corrected chi connectivity index (χ2v) is 4.16. The summed E-state index contributed by atoms with van der Waals surface area (Å²) in [4.78, 5) is 0. The first-order chi connectivity index (χ1) is 8.06. The zero-order chi connectivity index (χ0) is 12.8. The molecule has 0 heterocycles. The van der Waals surface area contributed by atoms with Gasteiger partial charge in [0.2, 0.25) is 0 Å². The Morgan fingerprint density at radius 2 is 1.71 bits per heavy atom. The Balaban J connectivity index is 2.90. The number of aryl methyl sites for hydroxylation is 1. The van der Waals surface area contributed by atoms with Crippen LogP contribution in [0.15, 0.2) is 18.2 Å². The third-order valence-electron chi connectivity index (χ3n) is 2.79. The lowest BCUT2D eigenvalue weighted by molar-refractivity contribution is -0.0462. The molecule has 0 fully saturated rings. The lowest BCUT2D eigenvalue weighted by atomic mass is 9.98. The normalized spacial score (nSPS) is 11.5. The first-order valence-electron chi connectivity index (χ1n) is 5.91. The van der Waals surface area contributed by atoms with Crippen LogP contribution >= 0.6 is 0 Å². The zero-order valence-corrected chi connectivity index (χ0v) is 10.0. The molecule has 0 spiro atoms. The van der Waals surface area contributed by atoms with Gasteiger partial charge in [-0.2, -0.15) is 0 Å². The summed E-state index contributed by atoms with van der Waals surface area (Å²) >= 11 is 0. The fourth-order valence-electron chi connectivity index (χ4n) is 1.82. The van der Waals surface area contributed by atoms with Gasteiger partial charge in [-0.1, -0.05) is 38.0 Å². The van der Waals surface area contributed by atoms with E-state index in [4.69, 9.17) is 10.2 Å². The summed E-state index contributed by atoms with van der Waals surface area (Å²) in [6.45, 7) is 2.09. The fraction of sp³-hybridized carbons (Fsp3) is 0.538. The molecule has 0 aliphatic carbocycles. The molecule has 0 aromatic heterocycles. The van der Waals surface area contributed by atoms with Crippen molar-refractivity contribution >= 4 is 0 Å². The maximum Gasteiger partial charge on any atom is 0.178 e. The second kappa shape index (κ2) is 6.71. The Hall–Kier alpha value is -0.940. The number of aliphatic hydroxyl groups is 4. The van der Waals surface area contributed by atoms with Crippen molar-refractivity contribution in [3.05, 3.63) is 34.9 Å². The van der Waals surface area contributed by atoms with Crippen molar-refractivity contribution in [1.29, 1.82) is 0 Å². The highest BCUT2D eigenvalue weighted by Crippen LogP contribution is 2.22. The molecule has 17 heavy (non-hydrogen) atoms. The van der Waals surface area contributed by atoms with Crippen molar-refractivity contribution in [2.24, 2.45) is 0 Å². The van der Waals surface area contributed by atoms with Crippen LogP contribution in [0.4, 0.5) is 0 Å². The van der Waals surface area contributed by atoms with E-state index >= 15 is 0 Å². The van der Waals surface area contributed by atoms with E-state index in [1.165, 1.54) is 12.1 Å². The van der Waals surface area contributed by atoms with Crippen LogP contribution in [0.1, 0.15) is 55.5 Å². The molecule has 0 bridgehead atoms. The zero-order valence-electron chi connectivity index (χ0n) is 10.0. The summed E-state index contributed by atoms with van der Waals surface area (Å²) in [6.07, 6.45) is 0.760. The first-order valence-corrected chi connectivity index (χ1v) is 5.91. The van der Waals surface area contributed by atoms with Crippen LogP contribution in [0.25, 0.3) is 0 Å². The molecule has 0 unspecified atom stereocenters. The van der Waals surface area contributed by atoms with Gasteiger partial charge >= 0.3 is 0 Å². The van der Waals surface area contributed by atoms with E-state index in [1.54, 1.807) is 6.07 Å². The summed E-state index contributed by atoms with van der Waals surface area (Å²) in [5, 5.41) is 36.6. The highest BCUT2D eigenvalue weighted by atomic mass is 16.5. The molecule has 0 aliphatic heterocycles. The van der Waals surface area contributed by atoms with Crippen molar-refractivity contribution in [2.75, 3.05) is 0 Å². The van der Waals surface area contributed by atoms with E-state index in [0.717, 1.165) is 24.8 Å². The van der Waals surface area contributed by atoms with Gasteiger partial charge in [0.1, 0.15) is 0 Å². The maximum absolute atomic E-state index is 9.22. The van der Waals surface area contributed by atoms with Crippen LogP contribution in [0.5, 0.6) is 0 Å². The SMILES string of the molecule is CCCCCc1cc(C(O)O)ccc1C(O)O. The van der Waals surface area contributed by atoms with Crippen LogP contribution in [0, 0.1) is 0 Å². The number of rotatable bonds is 6. The van der Waals surface area contributed by atoms with E-state index in [2.05, 4.69) is 6.92 Å². The first kappa shape index (κ1) is 14.1. The van der Waals surface area contributed by atoms with Crippen LogP contribution < -0.4 is 0 Å². The number of aliphatic hydroxyl groups excluding tert-OH is 2. The van der Waals surface area contributed by atoms with Gasteiger partial charge < -0.3 is 20.4 Å². The Labute approximate surface area is 101 Å². The van der Waals surface area contributed by atoms with Crippen molar-refractivity contribution in [3.63, 3.8) is 0 Å². The highest BCUT2D eigenvalue weighted by molar-refractivity contribution is 5.33. The molecule has 0 aliphatic rings. The molecule has 0 radical (unpaired) electrons. The number of hydrogen-bond acceptors (Lipinski definition) is 4. The van der Waals surface area contributed by atoms with Gasteiger partial charge in [0, 0.05) is 11.1 Å². The van der Waals surface area contributed by atoms with E-state index in [1.807, 2.05) is 0 Å². The van der Waals surface area contributed by atoms with Crippen LogP contribution in [-0.2, 0) is 6.42 Å². The van der Waals surface area contributed by atoms with Gasteiger partial charge in [-0.3, -0.25) is 0 Å². The molecular formula is C13H20O4. The number of unbranched alkanes of at least 4 members (excludes halogenated alkanes) is 2. The van der Waals surface area contributed by atoms with Gasteiger partial charge in [-0.05, 0) is 18.4 Å². The van der Waals surface area contributed by atoms with Gasteiger partial charge in [0.15, 0.2) is 12.6 Å². The largest absolute Gasteiger partial charge is 0.364 e. The molecule has 4 nitrogen and oxygen atoms in total. The van der Waals surface area contributed by atoms with Crippen molar-refractivity contribution in [2.45, 2.75) is 45.2 Å². The van der Waals surface area contributed by atoms with E-state index in [0.29, 0.717) is 17.5 Å². The van der Waals surface area contributed by atoms with E-state index in [9.17, 15) is 10.2 Å². The van der Waals surface area contributed by atoms with Gasteiger partial charge in [-0.25, -0.2) is 0 Å². The maximum atomic E-state index is 9.22. The van der Waals surface area contributed by atoms with Gasteiger partial charge in [-0.15, -0.1) is 0 Å². The molecule has 1 aromatic rings. The molecule has 0 atom stereocenters. The molecule has 0 saturated carbocycles. The predicted octanol–water partition coefficient (Wildman–Crippen LogP) is 1.39. The number of hydrogen-bond donors (Lipinski definition) is 4. The van der Waals surface area contributed by atoms with Gasteiger partial charge in [0.25, 0.3) is 0 Å². The molecule has 96 valence electrons. The van der Waals surface area contributed by atoms with Crippen molar-refractivity contribution < 1.29 is 20.4 Å². The third kappa shape index (κ3) is 4.09. The topological polar surface area (TPSA) is 80.9 Å². The Bertz CT molecular complexity index is 347. The molecule has 0 saturated heterocycles. The minimum absolute atomic E-state index is 0.376. The molecule has 4 heteroatoms. The second-order valence-electron chi connectivity index (χ2n) is 4.16. The molecule has 1 aromatic carbocycles. The summed E-state index contributed by atoms with van der Waals surface area (Å²) in [6, 6.07) is 4.64. The summed E-state index contributed by atoms with van der Waals surface area (Å²) < 4.78 is 0. The Kier molecular flexibility index (Phi) is 5.58. The fourth-order valence-corrected chi connectivity index (χ4v) is 1.82. The summed E-state index contributed by atoms with van der Waals surface area (Å²) in [5.74, 6) is 0. The lowest BCUT2D eigenvalue weighted by Gasteiger charge is -2.14. The Morgan fingerprint density at radius 3 is 2.24 bits per heavy atom. The standard InChI is InChI=1S/C13H20O4/c1-2-3-4-5-9-8-10(12(14)15)6-7-11(9)13(16)17/h6-8,12-17H,2-5H2,1H3. The molecule has 1 rings (SSSR count). The van der Waals surface area contributed by atoms with E-state index in [-0.39, 0.29) is 0 Å². The van der Waals surface area contributed by atoms with Crippen LogP contribution in [0.3, 0.4) is 0 Å². The Morgan fingerprint density at radius 1 is 1.00 bits per heavy atom. The van der Waals surface area contributed by atoms with Crippen LogP contribution in [0.2, 0.25) is 0 Å². The van der Waals surface area contributed by atoms with Crippen molar-refractivity contribution in [3.8, 4) is 0 Å². The minimum atomic E-state index is -1.52. The highest BCUT2D eigenvalue weighted by Gasteiger charge is 2.12. The molecular weight excluding hydrogens is 220 g/mol. The lowest BCUT2D eigenvalue weighted by Crippen LogP contribution is -2.04. The van der Waals surface area contributed by atoms with Gasteiger partial charge in [0.05, 0.1) is 0 Å². The monoisotopic (exact) mass is 240 g/mol. The minimum Gasteiger partial charge on any atom is -0.364 e. The third-order valence-corrected chi connectivity index (χ3v) is 2.79. The number of benzene rings is 1. The molecule has 4 N–H and O–H groups in total. The average Bonchev–Trinajstić information content (AvgIpc) is 2.28. The average molecular weight is 240 g/mol. The smallest absolute Gasteiger partial charge is 0.178 e. The summed E-state index contributed by atoms with van der Waals surface area (Å²) in [7, 11) is 0. The summed E-state index contributed by atoms with van der Waals surface area (Å²) in [5.41, 5.74) is 1.57. The van der Waals surface area contributed by atoms with Crippen LogP contribution in [-0.4, -0.2) is 20.4 Å². The molecule has 0 amide bonds. The predicted molar refractivity (Wildman–Crippen MR) is 64.0 cm³/mol. The van der Waals surface area contributed by atoms with E-state index < -0.39 is 12.6 Å².